The number of thioether (sulfide) groups is 2. The highest BCUT2D eigenvalue weighted by atomic mass is 32.2. The Hall–Kier alpha value is 0.180. The Bertz CT molecular complexity index is 164. The zero-order chi connectivity index (χ0) is 6.81. The molecule has 0 amide bonds. The molecule has 0 bridgehead atoms. The Labute approximate surface area is 70.1 Å². The average Bonchev–Trinajstić information content (AvgIpc) is 2.59. The second-order valence-electron chi connectivity index (χ2n) is 2.34. The Kier molecular flexibility index (Phi) is 2.10. The van der Waals surface area contributed by atoms with Gasteiger partial charge in [0.2, 0.25) is 0 Å². The Morgan fingerprint density at radius 1 is 1.40 bits per heavy atom. The molecule has 2 aliphatic rings. The molecule has 0 aromatic heterocycles. The fourth-order valence-corrected chi connectivity index (χ4v) is 3.20. The van der Waals surface area contributed by atoms with Crippen molar-refractivity contribution >= 4 is 23.5 Å². The van der Waals surface area contributed by atoms with E-state index in [0.29, 0.717) is 5.25 Å². The highest BCUT2D eigenvalue weighted by Crippen LogP contribution is 2.41. The van der Waals surface area contributed by atoms with Gasteiger partial charge in [0.05, 0.1) is 5.25 Å². The van der Waals surface area contributed by atoms with E-state index in [2.05, 4.69) is 23.6 Å². The van der Waals surface area contributed by atoms with Crippen LogP contribution in [0.25, 0.3) is 0 Å². The maximum absolute atomic E-state index is 2.32. The van der Waals surface area contributed by atoms with Crippen LogP contribution in [0.1, 0.15) is 6.42 Å². The highest BCUT2D eigenvalue weighted by Gasteiger charge is 2.23. The first-order chi connectivity index (χ1) is 4.97. The van der Waals surface area contributed by atoms with Crippen molar-refractivity contribution in [3.8, 4) is 0 Å². The molecule has 2 aliphatic heterocycles. The Morgan fingerprint density at radius 3 is 3.00 bits per heavy atom. The van der Waals surface area contributed by atoms with E-state index in [0.717, 1.165) is 0 Å². The van der Waals surface area contributed by atoms with Crippen LogP contribution in [0.4, 0.5) is 0 Å². The first-order valence-corrected chi connectivity index (χ1v) is 5.35. The number of allylic oxidation sites excluding steroid dienone is 1. The molecular formula is C8H9S2. The van der Waals surface area contributed by atoms with Gasteiger partial charge in [-0.05, 0) is 11.8 Å². The van der Waals surface area contributed by atoms with Gasteiger partial charge in [-0.15, -0.1) is 23.5 Å². The zero-order valence-corrected chi connectivity index (χ0v) is 7.25. The second-order valence-corrected chi connectivity index (χ2v) is 4.55. The van der Waals surface area contributed by atoms with Gasteiger partial charge in [-0.1, -0.05) is 18.2 Å². The van der Waals surface area contributed by atoms with E-state index in [-0.39, 0.29) is 0 Å². The van der Waals surface area contributed by atoms with Crippen LogP contribution in [-0.2, 0) is 0 Å². The van der Waals surface area contributed by atoms with E-state index in [1.165, 1.54) is 12.2 Å². The molecule has 1 radical (unpaired) electrons. The van der Waals surface area contributed by atoms with E-state index < -0.39 is 0 Å². The minimum absolute atomic E-state index is 0.708. The van der Waals surface area contributed by atoms with Crippen molar-refractivity contribution in [2.45, 2.75) is 11.7 Å². The molecule has 0 fully saturated rings. The van der Waals surface area contributed by atoms with Gasteiger partial charge >= 0.3 is 0 Å². The molecule has 0 aliphatic carbocycles. The van der Waals surface area contributed by atoms with E-state index in [1.807, 2.05) is 23.5 Å². The van der Waals surface area contributed by atoms with Crippen LogP contribution in [0.5, 0.6) is 0 Å². The molecule has 2 rings (SSSR count). The summed E-state index contributed by atoms with van der Waals surface area (Å²) in [6.07, 6.45) is 8.01. The third kappa shape index (κ3) is 1.28. The normalized spacial score (nSPS) is 32.2. The molecule has 1 atom stereocenters. The maximum atomic E-state index is 2.32. The smallest absolute Gasteiger partial charge is 0.0555 e. The third-order valence-electron chi connectivity index (χ3n) is 1.63. The predicted molar refractivity (Wildman–Crippen MR) is 50.0 cm³/mol. The van der Waals surface area contributed by atoms with Crippen LogP contribution in [0.3, 0.4) is 0 Å². The largest absolute Gasteiger partial charge is 0.149 e. The summed E-state index contributed by atoms with van der Waals surface area (Å²) in [5, 5.41) is 4.51. The van der Waals surface area contributed by atoms with Gasteiger partial charge in [0.1, 0.15) is 0 Å². The van der Waals surface area contributed by atoms with Crippen LogP contribution < -0.4 is 0 Å². The quantitative estimate of drug-likeness (QED) is 0.554. The second kappa shape index (κ2) is 3.05. The summed E-state index contributed by atoms with van der Waals surface area (Å²) in [6.45, 7) is 0. The van der Waals surface area contributed by atoms with Gasteiger partial charge in [-0.2, -0.15) is 0 Å². The first-order valence-electron chi connectivity index (χ1n) is 3.42. The van der Waals surface area contributed by atoms with Crippen molar-refractivity contribution in [3.63, 3.8) is 0 Å². The average molecular weight is 169 g/mol. The van der Waals surface area contributed by atoms with Gasteiger partial charge in [0.25, 0.3) is 0 Å². The molecule has 0 nitrogen and oxygen atoms in total. The topological polar surface area (TPSA) is 0 Å². The molecule has 0 N–H and O–H groups in total. The molecule has 2 heteroatoms. The minimum Gasteiger partial charge on any atom is -0.149 e. The fourth-order valence-electron chi connectivity index (χ4n) is 1.13. The molecule has 1 unspecified atom stereocenters. The summed E-state index contributed by atoms with van der Waals surface area (Å²) in [4.78, 5) is 0. The maximum Gasteiger partial charge on any atom is 0.0555 e. The predicted octanol–water partition coefficient (Wildman–Crippen LogP) is 2.84. The molecule has 53 valence electrons. The Morgan fingerprint density at radius 2 is 2.40 bits per heavy atom. The van der Waals surface area contributed by atoms with Crippen molar-refractivity contribution < 1.29 is 0 Å². The van der Waals surface area contributed by atoms with Crippen LogP contribution in [0.2, 0.25) is 0 Å². The van der Waals surface area contributed by atoms with Crippen LogP contribution >= 0.6 is 23.5 Å². The number of rotatable bonds is 1. The van der Waals surface area contributed by atoms with Crippen molar-refractivity contribution in [2.24, 2.45) is 0 Å². The monoisotopic (exact) mass is 169 g/mol. The molecule has 0 aromatic carbocycles. The molecule has 0 spiro atoms. The lowest BCUT2D eigenvalue weighted by molar-refractivity contribution is 1.10. The van der Waals surface area contributed by atoms with E-state index in [9.17, 15) is 0 Å². The van der Waals surface area contributed by atoms with Gasteiger partial charge in [-0.25, -0.2) is 0 Å². The van der Waals surface area contributed by atoms with Gasteiger partial charge < -0.3 is 0 Å². The third-order valence-corrected chi connectivity index (χ3v) is 4.02. The van der Waals surface area contributed by atoms with Gasteiger partial charge in [0.15, 0.2) is 0 Å². The Balaban J connectivity index is 1.93. The van der Waals surface area contributed by atoms with E-state index in [4.69, 9.17) is 0 Å². The summed E-state index contributed by atoms with van der Waals surface area (Å²) in [5.41, 5.74) is 0. The van der Waals surface area contributed by atoms with Crippen LogP contribution in [0.15, 0.2) is 23.6 Å². The fraction of sp³-hybridized carbons (Fsp3) is 0.375. The highest BCUT2D eigenvalue weighted by molar-refractivity contribution is 8.07. The van der Waals surface area contributed by atoms with Crippen molar-refractivity contribution in [2.75, 3.05) is 5.75 Å². The summed E-state index contributed by atoms with van der Waals surface area (Å²) in [6, 6.07) is 0. The van der Waals surface area contributed by atoms with Gasteiger partial charge in [0, 0.05) is 11.0 Å². The molecule has 0 saturated heterocycles. The number of hydrogen-bond acceptors (Lipinski definition) is 2. The summed E-state index contributed by atoms with van der Waals surface area (Å²) >= 11 is 3.93. The molecule has 2 heterocycles. The van der Waals surface area contributed by atoms with E-state index >= 15 is 0 Å². The lowest BCUT2D eigenvalue weighted by atomic mass is 10.2. The van der Waals surface area contributed by atoms with Crippen molar-refractivity contribution in [1.82, 2.24) is 0 Å². The molecular weight excluding hydrogens is 160 g/mol. The lowest BCUT2D eigenvalue weighted by Crippen LogP contribution is -2.02. The molecule has 0 aromatic rings. The number of hydrogen-bond donors (Lipinski definition) is 0. The first kappa shape index (κ1) is 6.86. The molecule has 0 saturated carbocycles. The van der Waals surface area contributed by atoms with Crippen molar-refractivity contribution in [1.29, 1.82) is 0 Å². The van der Waals surface area contributed by atoms with E-state index in [1.54, 1.807) is 5.25 Å². The standard InChI is InChI=1S/C8H9S2/c1-3-7(9-5-1)8-4-2-6-10-8/h1-3,6-7H,4-5H2. The summed E-state index contributed by atoms with van der Waals surface area (Å²) in [5.74, 6) is 1.20. The SMILES string of the molecule is C1=CC([C]2CC=CS2)SC1. The van der Waals surface area contributed by atoms with Crippen LogP contribution in [0, 0.1) is 5.25 Å². The van der Waals surface area contributed by atoms with Crippen LogP contribution in [-0.4, -0.2) is 11.0 Å². The van der Waals surface area contributed by atoms with Crippen molar-refractivity contribution in [3.05, 3.63) is 28.9 Å². The molecule has 10 heavy (non-hydrogen) atoms. The zero-order valence-electron chi connectivity index (χ0n) is 5.62. The summed E-state index contributed by atoms with van der Waals surface area (Å²) < 4.78 is 0. The summed E-state index contributed by atoms with van der Waals surface area (Å²) in [7, 11) is 0. The van der Waals surface area contributed by atoms with Gasteiger partial charge in [-0.3, -0.25) is 0 Å². The lowest BCUT2D eigenvalue weighted by Gasteiger charge is -2.12. The minimum atomic E-state index is 0.708.